The van der Waals surface area contributed by atoms with Gasteiger partial charge in [-0.05, 0) is 99.6 Å². The highest BCUT2D eigenvalue weighted by atomic mass is 16.5. The van der Waals surface area contributed by atoms with Crippen molar-refractivity contribution in [3.8, 4) is 22.8 Å². The van der Waals surface area contributed by atoms with Gasteiger partial charge in [-0.3, -0.25) is 4.90 Å². The molecular formula is C28H32N8O. The van der Waals surface area contributed by atoms with E-state index in [4.69, 9.17) is 10.5 Å². The highest BCUT2D eigenvalue weighted by molar-refractivity contribution is 5.69. The average molecular weight is 497 g/mol. The van der Waals surface area contributed by atoms with E-state index in [0.717, 1.165) is 48.5 Å². The lowest BCUT2D eigenvalue weighted by molar-refractivity contribution is 0.238. The Morgan fingerprint density at radius 2 is 1.76 bits per heavy atom. The number of nitrogens with zero attached hydrogens (tertiary/aromatic N) is 6. The van der Waals surface area contributed by atoms with Crippen molar-refractivity contribution < 1.29 is 4.74 Å². The molecule has 1 saturated heterocycles. The predicted molar refractivity (Wildman–Crippen MR) is 144 cm³/mol. The number of ether oxygens (including phenoxy) is 1. The quantitative estimate of drug-likeness (QED) is 0.390. The molecule has 6 rings (SSSR count). The maximum absolute atomic E-state index is 6.22. The lowest BCUT2D eigenvalue weighted by Crippen LogP contribution is -2.25. The molecule has 1 fully saturated rings. The van der Waals surface area contributed by atoms with Crippen LogP contribution in [0.3, 0.4) is 0 Å². The van der Waals surface area contributed by atoms with Crippen molar-refractivity contribution in [2.75, 3.05) is 37.3 Å². The minimum atomic E-state index is 0.253. The second-order valence-electron chi connectivity index (χ2n) is 9.84. The Morgan fingerprint density at radius 1 is 0.946 bits per heavy atom. The number of nitrogen functional groups attached to an aromatic ring is 1. The first-order valence-electron chi connectivity index (χ1n) is 13.0. The molecule has 0 radical (unpaired) electrons. The molecule has 37 heavy (non-hydrogen) atoms. The first-order chi connectivity index (χ1) is 18.1. The van der Waals surface area contributed by atoms with Gasteiger partial charge >= 0.3 is 0 Å². The molecule has 0 atom stereocenters. The number of hydrogen-bond donors (Lipinski definition) is 2. The summed E-state index contributed by atoms with van der Waals surface area (Å²) in [5.41, 5.74) is 12.9. The highest BCUT2D eigenvalue weighted by Gasteiger charge is 2.19. The summed E-state index contributed by atoms with van der Waals surface area (Å²) in [7, 11) is 0. The minimum Gasteiger partial charge on any atom is -0.492 e. The fourth-order valence-electron chi connectivity index (χ4n) is 5.15. The maximum atomic E-state index is 6.22. The van der Waals surface area contributed by atoms with Crippen LogP contribution in [0.4, 0.5) is 17.6 Å². The number of rotatable bonds is 7. The molecule has 3 heterocycles. The fourth-order valence-corrected chi connectivity index (χ4v) is 5.15. The van der Waals surface area contributed by atoms with Crippen molar-refractivity contribution in [3.63, 3.8) is 0 Å². The summed E-state index contributed by atoms with van der Waals surface area (Å²) in [6.07, 6.45) is 5.61. The van der Waals surface area contributed by atoms with Crippen LogP contribution in [0.15, 0.2) is 48.5 Å². The Balaban J connectivity index is 1.15. The smallest absolute Gasteiger partial charge is 0.248 e. The van der Waals surface area contributed by atoms with E-state index in [1.165, 1.54) is 47.3 Å². The molecule has 9 heteroatoms. The van der Waals surface area contributed by atoms with Gasteiger partial charge in [-0.25, -0.2) is 0 Å². The Hall–Kier alpha value is -3.98. The molecule has 0 bridgehead atoms. The zero-order valence-electron chi connectivity index (χ0n) is 21.2. The number of nitrogens with one attached hydrogen (secondary N) is 1. The number of aryl methyl sites for hydroxylation is 3. The molecule has 0 spiro atoms. The van der Waals surface area contributed by atoms with Gasteiger partial charge in [-0.1, -0.05) is 17.7 Å². The van der Waals surface area contributed by atoms with Gasteiger partial charge in [0.2, 0.25) is 11.9 Å². The van der Waals surface area contributed by atoms with Crippen LogP contribution in [0, 0.1) is 6.92 Å². The summed E-state index contributed by atoms with van der Waals surface area (Å²) >= 11 is 0. The van der Waals surface area contributed by atoms with E-state index < -0.39 is 0 Å². The number of nitrogens with two attached hydrogens (primary N) is 1. The van der Waals surface area contributed by atoms with Gasteiger partial charge in [0.1, 0.15) is 12.4 Å². The van der Waals surface area contributed by atoms with Crippen LogP contribution in [0.1, 0.15) is 36.0 Å². The van der Waals surface area contributed by atoms with Crippen LogP contribution >= 0.6 is 0 Å². The number of fused-ring (bicyclic) bond motifs is 3. The van der Waals surface area contributed by atoms with Crippen LogP contribution in [0.5, 0.6) is 5.75 Å². The minimum absolute atomic E-state index is 0.253. The lowest BCUT2D eigenvalue weighted by Gasteiger charge is -2.15. The summed E-state index contributed by atoms with van der Waals surface area (Å²) < 4.78 is 7.43. The molecule has 1 aliphatic heterocycles. The van der Waals surface area contributed by atoms with E-state index in [-0.39, 0.29) is 5.95 Å². The van der Waals surface area contributed by atoms with Crippen molar-refractivity contribution in [2.45, 2.75) is 39.0 Å². The molecule has 0 unspecified atom stereocenters. The van der Waals surface area contributed by atoms with Crippen LogP contribution in [0.25, 0.3) is 17.1 Å². The van der Waals surface area contributed by atoms with E-state index in [2.05, 4.69) is 55.6 Å². The van der Waals surface area contributed by atoms with Gasteiger partial charge in [0, 0.05) is 17.8 Å². The molecule has 0 saturated carbocycles. The third-order valence-electron chi connectivity index (χ3n) is 7.11. The molecule has 9 nitrogen and oxygen atoms in total. The summed E-state index contributed by atoms with van der Waals surface area (Å²) in [5, 5.41) is 16.8. The summed E-state index contributed by atoms with van der Waals surface area (Å²) in [4.78, 5) is 6.83. The second-order valence-corrected chi connectivity index (χ2v) is 9.84. The average Bonchev–Trinajstić information content (AvgIpc) is 3.51. The molecule has 4 aromatic rings. The monoisotopic (exact) mass is 496 g/mol. The molecule has 2 aromatic heterocycles. The van der Waals surface area contributed by atoms with E-state index in [9.17, 15) is 0 Å². The lowest BCUT2D eigenvalue weighted by atomic mass is 10.00. The summed E-state index contributed by atoms with van der Waals surface area (Å²) in [6.45, 7) is 6.13. The zero-order valence-corrected chi connectivity index (χ0v) is 21.2. The second kappa shape index (κ2) is 10.2. The van der Waals surface area contributed by atoms with Crippen LogP contribution in [-0.4, -0.2) is 56.1 Å². The Kier molecular flexibility index (Phi) is 6.44. The number of anilines is 3. The van der Waals surface area contributed by atoms with E-state index in [0.29, 0.717) is 18.4 Å². The normalized spacial score (nSPS) is 15.2. The topological polar surface area (TPSA) is 107 Å². The zero-order chi connectivity index (χ0) is 25.2. The van der Waals surface area contributed by atoms with Gasteiger partial charge < -0.3 is 15.8 Å². The predicted octanol–water partition coefficient (Wildman–Crippen LogP) is 4.32. The number of likely N-dealkylation sites (tertiary alicyclic amines) is 1. The standard InChI is InChI=1S/C28H32N8O/c1-19-7-8-20-5-4-6-21-18-25(32-33-26(21)24(20)17-19)36-27(29)31-28(34-36)30-22-9-11-23(12-10-22)37-16-15-35-13-2-3-14-35/h7-12,17-18H,2-6,13-16H2,1H3,(H3,29,30,31,34). The maximum Gasteiger partial charge on any atom is 0.248 e. The van der Waals surface area contributed by atoms with Gasteiger partial charge in [-0.2, -0.15) is 9.67 Å². The van der Waals surface area contributed by atoms with Crippen molar-refractivity contribution in [1.82, 2.24) is 29.9 Å². The van der Waals surface area contributed by atoms with E-state index in [1.807, 2.05) is 30.3 Å². The van der Waals surface area contributed by atoms with Crippen molar-refractivity contribution in [2.24, 2.45) is 0 Å². The first kappa shape index (κ1) is 23.4. The van der Waals surface area contributed by atoms with E-state index >= 15 is 0 Å². The van der Waals surface area contributed by atoms with Crippen molar-refractivity contribution in [1.29, 1.82) is 0 Å². The molecule has 190 valence electrons. The fraction of sp³-hybridized carbons (Fsp3) is 0.357. The molecule has 3 N–H and O–H groups in total. The third kappa shape index (κ3) is 5.13. The number of aromatic nitrogens is 5. The van der Waals surface area contributed by atoms with Crippen molar-refractivity contribution in [3.05, 3.63) is 65.2 Å². The number of hydrogen-bond acceptors (Lipinski definition) is 8. The van der Waals surface area contributed by atoms with Crippen LogP contribution < -0.4 is 15.8 Å². The molecule has 2 aromatic carbocycles. The summed E-state index contributed by atoms with van der Waals surface area (Å²) in [5.74, 6) is 2.07. The highest BCUT2D eigenvalue weighted by Crippen LogP contribution is 2.32. The largest absolute Gasteiger partial charge is 0.492 e. The SMILES string of the molecule is Cc1ccc2c(c1)-c1nnc(-n3nc(Nc4ccc(OCCN5CCCC5)cc4)nc3N)cc1CCC2. The van der Waals surface area contributed by atoms with Crippen LogP contribution in [-0.2, 0) is 12.8 Å². The van der Waals surface area contributed by atoms with E-state index in [1.54, 1.807) is 0 Å². The molecule has 0 amide bonds. The van der Waals surface area contributed by atoms with Gasteiger partial charge in [0.25, 0.3) is 0 Å². The Bertz CT molecular complexity index is 1390. The summed E-state index contributed by atoms with van der Waals surface area (Å²) in [6, 6.07) is 16.4. The molecular weight excluding hydrogens is 464 g/mol. The van der Waals surface area contributed by atoms with Gasteiger partial charge in [0.05, 0.1) is 5.69 Å². The first-order valence-corrected chi connectivity index (χ1v) is 13.0. The Labute approximate surface area is 216 Å². The molecule has 2 aliphatic rings. The van der Waals surface area contributed by atoms with Crippen molar-refractivity contribution >= 4 is 17.6 Å². The van der Waals surface area contributed by atoms with Gasteiger partial charge in [-0.15, -0.1) is 15.3 Å². The third-order valence-corrected chi connectivity index (χ3v) is 7.11. The Morgan fingerprint density at radius 3 is 2.59 bits per heavy atom. The number of benzene rings is 2. The van der Waals surface area contributed by atoms with Gasteiger partial charge in [0.15, 0.2) is 5.82 Å². The van der Waals surface area contributed by atoms with Crippen LogP contribution in [0.2, 0.25) is 0 Å². The molecule has 1 aliphatic carbocycles.